The van der Waals surface area contributed by atoms with Crippen LogP contribution in [0.25, 0.3) is 0 Å². The third-order valence-electron chi connectivity index (χ3n) is 5.72. The van der Waals surface area contributed by atoms with Gasteiger partial charge in [-0.1, -0.05) is 0 Å². The molecular weight excluding hydrogens is 354 g/mol. The Kier molecular flexibility index (Phi) is 5.41. The lowest BCUT2D eigenvalue weighted by Gasteiger charge is -2.36. The molecule has 3 fully saturated rings. The van der Waals surface area contributed by atoms with E-state index in [-0.39, 0.29) is 17.9 Å². The minimum atomic E-state index is -3.44. The van der Waals surface area contributed by atoms with E-state index in [0.717, 1.165) is 29.8 Å². The Morgan fingerprint density at radius 3 is 2.58 bits per heavy atom. The molecule has 26 heavy (non-hydrogen) atoms. The van der Waals surface area contributed by atoms with Crippen molar-refractivity contribution in [2.75, 3.05) is 33.7 Å². The maximum Gasteiger partial charge on any atom is 0.281 e. The van der Waals surface area contributed by atoms with Crippen molar-refractivity contribution in [1.82, 2.24) is 23.7 Å². The highest BCUT2D eigenvalue weighted by Crippen LogP contribution is 2.30. The summed E-state index contributed by atoms with van der Waals surface area (Å²) in [7, 11) is -0.332. The molecule has 0 aromatic carbocycles. The smallest absolute Gasteiger partial charge is 0.281 e. The molecule has 8 nitrogen and oxygen atoms in total. The molecule has 4 rings (SSSR count). The lowest BCUT2D eigenvalue weighted by atomic mass is 9.94. The van der Waals surface area contributed by atoms with E-state index >= 15 is 0 Å². The lowest BCUT2D eigenvalue weighted by molar-refractivity contribution is -0.135. The molecular formula is C17H29N5O3S. The van der Waals surface area contributed by atoms with Crippen molar-refractivity contribution in [3.8, 4) is 0 Å². The van der Waals surface area contributed by atoms with Gasteiger partial charge in [-0.3, -0.25) is 9.89 Å². The molecule has 1 aromatic heterocycles. The molecule has 0 radical (unpaired) electrons. The second kappa shape index (κ2) is 7.28. The molecule has 0 unspecified atom stereocenters. The maximum absolute atomic E-state index is 12.8. The number of fused-ring (bicyclic) bond motifs is 4. The van der Waals surface area contributed by atoms with E-state index in [9.17, 15) is 13.2 Å². The minimum absolute atomic E-state index is 0.0296. The molecule has 3 saturated heterocycles. The van der Waals surface area contributed by atoms with Crippen LogP contribution in [0.5, 0.6) is 0 Å². The van der Waals surface area contributed by atoms with E-state index < -0.39 is 10.2 Å². The molecule has 0 spiro atoms. The summed E-state index contributed by atoms with van der Waals surface area (Å²) < 4.78 is 27.8. The molecule has 1 N–H and O–H groups in total. The van der Waals surface area contributed by atoms with Crippen molar-refractivity contribution in [3.05, 3.63) is 17.0 Å². The van der Waals surface area contributed by atoms with E-state index in [0.29, 0.717) is 32.5 Å². The Hall–Kier alpha value is -1.45. The highest BCUT2D eigenvalue weighted by molar-refractivity contribution is 7.86. The van der Waals surface area contributed by atoms with Gasteiger partial charge in [0.25, 0.3) is 10.2 Å². The monoisotopic (exact) mass is 383 g/mol. The normalized spacial score (nSPS) is 24.3. The molecule has 2 atom stereocenters. The van der Waals surface area contributed by atoms with Crippen molar-refractivity contribution < 1.29 is 13.2 Å². The Balaban J connectivity index is 1.68. The number of hydrogen-bond acceptors (Lipinski definition) is 4. The number of aryl methyl sites for hydroxylation is 2. The van der Waals surface area contributed by atoms with Gasteiger partial charge in [-0.25, -0.2) is 0 Å². The number of piperidine rings is 1. The third-order valence-corrected chi connectivity index (χ3v) is 7.59. The maximum atomic E-state index is 12.8. The summed E-state index contributed by atoms with van der Waals surface area (Å²) in [6.07, 6.45) is 2.87. The van der Waals surface area contributed by atoms with Gasteiger partial charge in [0.2, 0.25) is 5.91 Å². The van der Waals surface area contributed by atoms with Gasteiger partial charge in [-0.2, -0.15) is 22.1 Å². The number of amides is 1. The Bertz CT molecular complexity index is 773. The van der Waals surface area contributed by atoms with Gasteiger partial charge in [0.15, 0.2) is 0 Å². The van der Waals surface area contributed by atoms with Gasteiger partial charge in [-0.15, -0.1) is 0 Å². The van der Waals surface area contributed by atoms with E-state index in [4.69, 9.17) is 0 Å². The van der Waals surface area contributed by atoms with Gasteiger partial charge in [0.1, 0.15) is 0 Å². The molecule has 3 aliphatic heterocycles. The summed E-state index contributed by atoms with van der Waals surface area (Å²) in [6, 6.07) is -0.0296. The summed E-state index contributed by atoms with van der Waals surface area (Å²) in [6.45, 7) is 5.53. The van der Waals surface area contributed by atoms with Crippen LogP contribution in [0.4, 0.5) is 0 Å². The van der Waals surface area contributed by atoms with Crippen LogP contribution in [0, 0.1) is 19.8 Å². The zero-order valence-electron chi connectivity index (χ0n) is 16.0. The van der Waals surface area contributed by atoms with Crippen LogP contribution in [0.1, 0.15) is 36.2 Å². The SMILES string of the molecule is Cc1[nH]nc(CCC(=O)N2C[C@H]3CC[C@@H]2CN(S(=O)(=O)N(C)C)C3)c1C. The van der Waals surface area contributed by atoms with Crippen molar-refractivity contribution in [1.29, 1.82) is 0 Å². The number of rotatable bonds is 5. The highest BCUT2D eigenvalue weighted by Gasteiger charge is 2.41. The van der Waals surface area contributed by atoms with Crippen molar-refractivity contribution in [3.63, 3.8) is 0 Å². The summed E-state index contributed by atoms with van der Waals surface area (Å²) in [4.78, 5) is 14.7. The number of nitrogens with zero attached hydrogens (tertiary/aromatic N) is 4. The Morgan fingerprint density at radius 2 is 1.96 bits per heavy atom. The summed E-state index contributed by atoms with van der Waals surface area (Å²) in [5.74, 6) is 0.311. The number of carbonyl (C=O) groups excluding carboxylic acids is 1. The zero-order chi connectivity index (χ0) is 19.1. The van der Waals surface area contributed by atoms with Gasteiger partial charge in [0, 0.05) is 58.3 Å². The number of aromatic nitrogens is 2. The van der Waals surface area contributed by atoms with E-state index in [1.54, 1.807) is 18.4 Å². The first-order valence-corrected chi connectivity index (χ1v) is 10.6. The summed E-state index contributed by atoms with van der Waals surface area (Å²) in [5.41, 5.74) is 3.08. The van der Waals surface area contributed by atoms with Gasteiger partial charge in [0.05, 0.1) is 5.69 Å². The van der Waals surface area contributed by atoms with Crippen LogP contribution in [-0.2, 0) is 21.4 Å². The molecule has 1 aromatic rings. The lowest BCUT2D eigenvalue weighted by Crippen LogP contribution is -2.48. The highest BCUT2D eigenvalue weighted by atomic mass is 32.2. The second-order valence-corrected chi connectivity index (χ2v) is 9.81. The molecule has 0 saturated carbocycles. The van der Waals surface area contributed by atoms with Crippen LogP contribution in [-0.4, -0.2) is 77.8 Å². The van der Waals surface area contributed by atoms with Crippen LogP contribution in [0.3, 0.4) is 0 Å². The first kappa shape index (κ1) is 19.3. The Morgan fingerprint density at radius 1 is 1.23 bits per heavy atom. The second-order valence-electron chi connectivity index (χ2n) is 7.67. The predicted molar refractivity (Wildman–Crippen MR) is 98.8 cm³/mol. The molecule has 0 aliphatic carbocycles. The number of carbonyl (C=O) groups is 1. The Labute approximate surface area is 155 Å². The molecule has 3 aliphatic rings. The standard InChI is InChI=1S/C17H29N5O3S/c1-12-13(2)18-19-16(12)7-8-17(23)22-10-14-5-6-15(22)11-21(9-14)26(24,25)20(3)4/h14-15H,5-11H2,1-4H3,(H,18,19)/t14-,15+/m0/s1. The average molecular weight is 384 g/mol. The topological polar surface area (TPSA) is 89.6 Å². The quantitative estimate of drug-likeness (QED) is 0.810. The van der Waals surface area contributed by atoms with Crippen LogP contribution < -0.4 is 0 Å². The molecule has 146 valence electrons. The zero-order valence-corrected chi connectivity index (χ0v) is 16.8. The van der Waals surface area contributed by atoms with Crippen molar-refractivity contribution >= 4 is 16.1 Å². The van der Waals surface area contributed by atoms with E-state index in [1.165, 1.54) is 4.31 Å². The third kappa shape index (κ3) is 3.65. The van der Waals surface area contributed by atoms with Crippen molar-refractivity contribution in [2.45, 2.75) is 45.6 Å². The van der Waals surface area contributed by atoms with Crippen LogP contribution in [0.15, 0.2) is 0 Å². The number of nitrogens with one attached hydrogen (secondary N) is 1. The fourth-order valence-electron chi connectivity index (χ4n) is 3.91. The van der Waals surface area contributed by atoms with Gasteiger partial charge < -0.3 is 4.90 Å². The predicted octanol–water partition coefficient (Wildman–Crippen LogP) is 0.688. The summed E-state index contributed by atoms with van der Waals surface area (Å²) >= 11 is 0. The summed E-state index contributed by atoms with van der Waals surface area (Å²) in [5, 5.41) is 7.23. The van der Waals surface area contributed by atoms with Crippen LogP contribution in [0.2, 0.25) is 0 Å². The first-order valence-electron chi connectivity index (χ1n) is 9.17. The van der Waals surface area contributed by atoms with Crippen LogP contribution >= 0.6 is 0 Å². The number of H-pyrrole nitrogens is 1. The average Bonchev–Trinajstić information content (AvgIpc) is 2.80. The largest absolute Gasteiger partial charge is 0.338 e. The molecule has 9 heteroatoms. The first-order chi connectivity index (χ1) is 12.2. The number of hydrogen-bond donors (Lipinski definition) is 1. The fraction of sp³-hybridized carbons (Fsp3) is 0.765. The van der Waals surface area contributed by atoms with E-state index in [2.05, 4.69) is 10.2 Å². The van der Waals surface area contributed by atoms with Gasteiger partial charge >= 0.3 is 0 Å². The molecule has 1 amide bonds. The van der Waals surface area contributed by atoms with E-state index in [1.807, 2.05) is 18.7 Å². The van der Waals surface area contributed by atoms with Crippen molar-refractivity contribution in [2.24, 2.45) is 5.92 Å². The molecule has 4 heterocycles. The molecule has 2 bridgehead atoms. The van der Waals surface area contributed by atoms with Gasteiger partial charge in [-0.05, 0) is 38.2 Å². The number of aromatic amines is 1. The minimum Gasteiger partial charge on any atom is -0.338 e. The fourth-order valence-corrected chi connectivity index (χ4v) is 5.13.